The summed E-state index contributed by atoms with van der Waals surface area (Å²) < 4.78 is 5.34. The molecule has 5 nitrogen and oxygen atoms in total. The normalized spacial score (nSPS) is 17.1. The van der Waals surface area contributed by atoms with Gasteiger partial charge in [0.05, 0.1) is 6.61 Å². The van der Waals surface area contributed by atoms with Crippen LogP contribution in [-0.4, -0.2) is 48.5 Å². The van der Waals surface area contributed by atoms with Crippen LogP contribution in [0.5, 0.6) is 0 Å². The first-order chi connectivity index (χ1) is 8.31. The highest BCUT2D eigenvalue weighted by Gasteiger charge is 2.16. The van der Waals surface area contributed by atoms with Crippen molar-refractivity contribution in [1.82, 2.24) is 9.97 Å². The highest BCUT2D eigenvalue weighted by atomic mass is 16.5. The highest BCUT2D eigenvalue weighted by Crippen LogP contribution is 2.26. The lowest BCUT2D eigenvalue weighted by Crippen LogP contribution is -2.23. The van der Waals surface area contributed by atoms with Gasteiger partial charge >= 0.3 is 0 Å². The van der Waals surface area contributed by atoms with E-state index in [9.17, 15) is 0 Å². The van der Waals surface area contributed by atoms with E-state index < -0.39 is 0 Å². The van der Waals surface area contributed by atoms with E-state index in [4.69, 9.17) is 9.84 Å². The van der Waals surface area contributed by atoms with Gasteiger partial charge in [-0.2, -0.15) is 0 Å². The average Bonchev–Trinajstić information content (AvgIpc) is 2.40. The molecular formula is C12H19N3O2. The van der Waals surface area contributed by atoms with Crippen LogP contribution < -0.4 is 4.90 Å². The summed E-state index contributed by atoms with van der Waals surface area (Å²) in [6, 6.07) is 0. The van der Waals surface area contributed by atoms with Crippen molar-refractivity contribution >= 4 is 5.95 Å². The Kier molecular flexibility index (Phi) is 4.28. The lowest BCUT2D eigenvalue weighted by molar-refractivity contribution is 0.0852. The maximum atomic E-state index is 8.85. The fourth-order valence-electron chi connectivity index (χ4n) is 2.02. The monoisotopic (exact) mass is 237 g/mol. The number of aromatic nitrogens is 2. The number of aliphatic hydroxyl groups excluding tert-OH is 1. The van der Waals surface area contributed by atoms with Crippen molar-refractivity contribution in [2.75, 3.05) is 38.3 Å². The molecule has 1 aliphatic rings. The van der Waals surface area contributed by atoms with Gasteiger partial charge in [0.2, 0.25) is 5.95 Å². The highest BCUT2D eigenvalue weighted by molar-refractivity contribution is 5.29. The van der Waals surface area contributed by atoms with Gasteiger partial charge in [0.25, 0.3) is 0 Å². The van der Waals surface area contributed by atoms with E-state index in [1.807, 2.05) is 24.3 Å². The van der Waals surface area contributed by atoms with E-state index in [0.29, 0.717) is 18.4 Å². The molecule has 0 atom stereocenters. The number of ether oxygens (including phenoxy) is 1. The summed E-state index contributed by atoms with van der Waals surface area (Å²) in [4.78, 5) is 10.5. The number of aliphatic hydroxyl groups is 1. The van der Waals surface area contributed by atoms with Gasteiger partial charge in [0, 0.05) is 39.2 Å². The number of hydrogen-bond acceptors (Lipinski definition) is 5. The van der Waals surface area contributed by atoms with Crippen LogP contribution in [0.15, 0.2) is 12.4 Å². The van der Waals surface area contributed by atoms with E-state index >= 15 is 0 Å². The summed E-state index contributed by atoms with van der Waals surface area (Å²) in [5, 5.41) is 8.85. The first-order valence-corrected chi connectivity index (χ1v) is 6.03. The van der Waals surface area contributed by atoms with Gasteiger partial charge < -0.3 is 14.7 Å². The number of hydrogen-bond donors (Lipinski definition) is 1. The van der Waals surface area contributed by atoms with Crippen molar-refractivity contribution in [2.24, 2.45) is 0 Å². The van der Waals surface area contributed by atoms with E-state index in [-0.39, 0.29) is 6.61 Å². The van der Waals surface area contributed by atoms with E-state index in [2.05, 4.69) is 9.97 Å². The van der Waals surface area contributed by atoms with Gasteiger partial charge in [-0.3, -0.25) is 0 Å². The van der Waals surface area contributed by atoms with E-state index in [1.54, 1.807) is 0 Å². The van der Waals surface area contributed by atoms with Gasteiger partial charge in [-0.15, -0.1) is 0 Å². The van der Waals surface area contributed by atoms with Crippen LogP contribution in [0.3, 0.4) is 0 Å². The third kappa shape index (κ3) is 3.14. The maximum Gasteiger partial charge on any atom is 0.225 e. The molecule has 1 aromatic heterocycles. The molecule has 2 rings (SSSR count). The Morgan fingerprint density at radius 1 is 1.35 bits per heavy atom. The Labute approximate surface area is 101 Å². The summed E-state index contributed by atoms with van der Waals surface area (Å²) in [6.45, 7) is 2.33. The van der Waals surface area contributed by atoms with Crippen molar-refractivity contribution in [3.05, 3.63) is 18.0 Å². The van der Waals surface area contributed by atoms with Gasteiger partial charge in [-0.05, 0) is 24.3 Å². The van der Waals surface area contributed by atoms with Crippen molar-refractivity contribution in [1.29, 1.82) is 0 Å². The lowest BCUT2D eigenvalue weighted by atomic mass is 9.94. The fraction of sp³-hybridized carbons (Fsp3) is 0.667. The molecular weight excluding hydrogens is 218 g/mol. The average molecular weight is 237 g/mol. The molecule has 17 heavy (non-hydrogen) atoms. The zero-order valence-corrected chi connectivity index (χ0v) is 10.2. The Morgan fingerprint density at radius 3 is 2.59 bits per heavy atom. The first-order valence-electron chi connectivity index (χ1n) is 6.03. The molecule has 0 amide bonds. The molecule has 5 heteroatoms. The molecule has 1 fully saturated rings. The Bertz CT molecular complexity index is 336. The molecule has 1 N–H and O–H groups in total. The van der Waals surface area contributed by atoms with Crippen LogP contribution in [0.2, 0.25) is 0 Å². The van der Waals surface area contributed by atoms with Crippen LogP contribution in [0.1, 0.15) is 24.3 Å². The number of likely N-dealkylation sites (N-methyl/N-ethyl adjacent to an activating group) is 1. The van der Waals surface area contributed by atoms with Crippen molar-refractivity contribution in [3.63, 3.8) is 0 Å². The quantitative estimate of drug-likeness (QED) is 0.839. The predicted octanol–water partition coefficient (Wildman–Crippen LogP) is 0.799. The minimum absolute atomic E-state index is 0.113. The molecule has 0 aliphatic carbocycles. The molecule has 0 bridgehead atoms. The van der Waals surface area contributed by atoms with Crippen molar-refractivity contribution in [3.8, 4) is 0 Å². The summed E-state index contributed by atoms with van der Waals surface area (Å²) >= 11 is 0. The Balaban J connectivity index is 2.01. The molecule has 0 unspecified atom stereocenters. The fourth-order valence-corrected chi connectivity index (χ4v) is 2.02. The molecule has 0 saturated carbocycles. The summed E-state index contributed by atoms with van der Waals surface area (Å²) in [7, 11) is 1.87. The lowest BCUT2D eigenvalue weighted by Gasteiger charge is -2.22. The van der Waals surface area contributed by atoms with Crippen molar-refractivity contribution in [2.45, 2.75) is 18.8 Å². The van der Waals surface area contributed by atoms with Crippen LogP contribution >= 0.6 is 0 Å². The second-order valence-electron chi connectivity index (χ2n) is 4.35. The van der Waals surface area contributed by atoms with Crippen LogP contribution in [0.4, 0.5) is 5.95 Å². The van der Waals surface area contributed by atoms with Gasteiger partial charge in [-0.25, -0.2) is 9.97 Å². The zero-order valence-electron chi connectivity index (χ0n) is 10.2. The predicted molar refractivity (Wildman–Crippen MR) is 65.2 cm³/mol. The van der Waals surface area contributed by atoms with Crippen LogP contribution in [0, 0.1) is 0 Å². The Hall–Kier alpha value is -1.20. The molecule has 0 spiro atoms. The first kappa shape index (κ1) is 12.3. The molecule has 1 aromatic rings. The summed E-state index contributed by atoms with van der Waals surface area (Å²) in [5.41, 5.74) is 1.19. The molecule has 0 radical (unpaired) electrons. The topological polar surface area (TPSA) is 58.5 Å². The van der Waals surface area contributed by atoms with Crippen molar-refractivity contribution < 1.29 is 9.84 Å². The molecule has 94 valence electrons. The molecule has 1 saturated heterocycles. The third-order valence-corrected chi connectivity index (χ3v) is 3.13. The smallest absolute Gasteiger partial charge is 0.225 e. The van der Waals surface area contributed by atoms with E-state index in [1.165, 1.54) is 5.56 Å². The molecule has 2 heterocycles. The second kappa shape index (κ2) is 5.93. The standard InChI is InChI=1S/C12H19N3O2/c1-15(4-5-16)12-13-8-11(9-14-12)10-2-6-17-7-3-10/h8-10,16H,2-7H2,1H3. The molecule has 1 aliphatic heterocycles. The number of rotatable bonds is 4. The summed E-state index contributed by atoms with van der Waals surface area (Å²) in [6.07, 6.45) is 5.89. The van der Waals surface area contributed by atoms with Gasteiger partial charge in [0.1, 0.15) is 0 Å². The maximum absolute atomic E-state index is 8.85. The minimum Gasteiger partial charge on any atom is -0.395 e. The molecule has 0 aromatic carbocycles. The Morgan fingerprint density at radius 2 is 2.00 bits per heavy atom. The second-order valence-corrected chi connectivity index (χ2v) is 4.35. The summed E-state index contributed by atoms with van der Waals surface area (Å²) in [5.74, 6) is 1.19. The zero-order chi connectivity index (χ0) is 12.1. The number of nitrogens with zero attached hydrogens (tertiary/aromatic N) is 3. The van der Waals surface area contributed by atoms with Gasteiger partial charge in [-0.1, -0.05) is 0 Å². The minimum atomic E-state index is 0.113. The third-order valence-electron chi connectivity index (χ3n) is 3.13. The SMILES string of the molecule is CN(CCO)c1ncc(C2CCOCC2)cn1. The number of anilines is 1. The van der Waals surface area contributed by atoms with Crippen LogP contribution in [-0.2, 0) is 4.74 Å². The largest absolute Gasteiger partial charge is 0.395 e. The van der Waals surface area contributed by atoms with Crippen LogP contribution in [0.25, 0.3) is 0 Å². The van der Waals surface area contributed by atoms with Gasteiger partial charge in [0.15, 0.2) is 0 Å². The van der Waals surface area contributed by atoms with E-state index in [0.717, 1.165) is 26.1 Å².